The van der Waals surface area contributed by atoms with Crippen LogP contribution in [0.15, 0.2) is 110 Å². The average molecular weight is 542 g/mol. The molecule has 0 radical (unpaired) electrons. The van der Waals surface area contributed by atoms with Gasteiger partial charge in [0.2, 0.25) is 0 Å². The largest absolute Gasteiger partial charge is 0.276 e. The molecule has 202 valence electrons. The van der Waals surface area contributed by atoms with Crippen LogP contribution in [0.4, 0.5) is 0 Å². The lowest BCUT2D eigenvalue weighted by Crippen LogP contribution is -2.03. The first-order chi connectivity index (χ1) is 20.6. The van der Waals surface area contributed by atoms with Gasteiger partial charge in [0, 0.05) is 11.1 Å². The molecule has 6 aromatic rings. The maximum absolute atomic E-state index is 5.16. The summed E-state index contributed by atoms with van der Waals surface area (Å²) >= 11 is 0. The number of nitrogens with zero attached hydrogens (tertiary/aromatic N) is 3. The highest BCUT2D eigenvalue weighted by molar-refractivity contribution is 5.91. The molecule has 0 amide bonds. The Morgan fingerprint density at radius 2 is 1.31 bits per heavy atom. The summed E-state index contributed by atoms with van der Waals surface area (Å²) in [7, 11) is 0. The van der Waals surface area contributed by atoms with Crippen molar-refractivity contribution in [1.82, 2.24) is 14.4 Å². The number of fused-ring (bicyclic) bond motifs is 4. The van der Waals surface area contributed by atoms with E-state index in [1.165, 1.54) is 38.6 Å². The van der Waals surface area contributed by atoms with Crippen LogP contribution in [-0.4, -0.2) is 14.4 Å². The third-order valence-electron chi connectivity index (χ3n) is 7.95. The third-order valence-corrected chi connectivity index (χ3v) is 7.95. The van der Waals surface area contributed by atoms with Crippen LogP contribution < -0.4 is 0 Å². The van der Waals surface area contributed by atoms with Crippen molar-refractivity contribution in [2.45, 2.75) is 20.3 Å². The van der Waals surface area contributed by atoms with Crippen molar-refractivity contribution in [2.24, 2.45) is 0 Å². The summed E-state index contributed by atoms with van der Waals surface area (Å²) in [4.78, 5) is 10.1. The van der Waals surface area contributed by atoms with E-state index in [0.717, 1.165) is 46.1 Å². The van der Waals surface area contributed by atoms with Gasteiger partial charge in [-0.25, -0.2) is 9.97 Å². The Bertz CT molecular complexity index is 2070. The van der Waals surface area contributed by atoms with Gasteiger partial charge in [0.1, 0.15) is 11.5 Å². The zero-order valence-corrected chi connectivity index (χ0v) is 23.9. The van der Waals surface area contributed by atoms with E-state index in [-0.39, 0.29) is 0 Å². The van der Waals surface area contributed by atoms with E-state index in [0.29, 0.717) is 0 Å². The van der Waals surface area contributed by atoms with Gasteiger partial charge in [0.25, 0.3) is 0 Å². The van der Waals surface area contributed by atoms with Gasteiger partial charge in [-0.2, -0.15) is 0 Å². The number of aromatic nitrogens is 3. The van der Waals surface area contributed by atoms with E-state index in [1.54, 1.807) is 0 Å². The van der Waals surface area contributed by atoms with Crippen LogP contribution >= 0.6 is 0 Å². The molecule has 0 bridgehead atoms. The molecule has 3 nitrogen and oxygen atoms in total. The fourth-order valence-electron chi connectivity index (χ4n) is 5.74. The summed E-state index contributed by atoms with van der Waals surface area (Å²) in [6, 6.07) is 30.8. The molecule has 0 atom stereocenters. The number of hydrogen-bond acceptors (Lipinski definition) is 2. The molecule has 1 aliphatic carbocycles. The van der Waals surface area contributed by atoms with E-state index < -0.39 is 0 Å². The molecule has 0 saturated carbocycles. The summed E-state index contributed by atoms with van der Waals surface area (Å²) in [6.07, 6.45) is 15.4. The Morgan fingerprint density at radius 1 is 0.714 bits per heavy atom. The fourth-order valence-corrected chi connectivity index (χ4v) is 5.74. The molecule has 0 spiro atoms. The summed E-state index contributed by atoms with van der Waals surface area (Å²) in [5.41, 5.74) is 11.8. The van der Waals surface area contributed by atoms with Crippen molar-refractivity contribution in [1.29, 1.82) is 0 Å². The summed E-state index contributed by atoms with van der Waals surface area (Å²) in [6.45, 7) is 8.17. The normalized spacial score (nSPS) is 12.7. The van der Waals surface area contributed by atoms with Crippen LogP contribution in [0.2, 0.25) is 0 Å². The van der Waals surface area contributed by atoms with Crippen molar-refractivity contribution in [3.8, 4) is 33.6 Å². The number of rotatable bonds is 5. The van der Waals surface area contributed by atoms with E-state index in [1.807, 2.05) is 19.1 Å². The van der Waals surface area contributed by atoms with E-state index in [9.17, 15) is 0 Å². The van der Waals surface area contributed by atoms with Gasteiger partial charge in [-0.15, -0.1) is 0 Å². The van der Waals surface area contributed by atoms with Crippen molar-refractivity contribution >= 4 is 40.7 Å². The molecule has 0 unspecified atom stereocenters. The van der Waals surface area contributed by atoms with Crippen molar-refractivity contribution < 1.29 is 0 Å². The minimum absolute atomic E-state index is 0.851. The first-order valence-electron chi connectivity index (χ1n) is 14.4. The Morgan fingerprint density at radius 3 is 1.95 bits per heavy atom. The number of aryl methyl sites for hydroxylation is 1. The standard InChI is InChI=1S/C39H31N3/c1-4-9-37-35(5-2)40-39-34-10-7-6-8-11-36(34)41-38(42(37)39)29-18-16-28(17-19-29)31-21-23-32-24-30(20-22-33(32)25-31)27-14-12-26(3)13-15-27/h4-5,7-25H,2,6H2,1,3H3/b9-4-. The predicted octanol–water partition coefficient (Wildman–Crippen LogP) is 10.3. The SMILES string of the molecule is C=Cc1nc2c3c(nc(-c4ccc(-c5ccc6cc(-c7ccc(C)cc7)ccc6c5)cc4)n2c1/C=C\C)C=CCC=C3. The maximum Gasteiger partial charge on any atom is 0.149 e. The molecule has 2 aromatic heterocycles. The molecule has 1 aliphatic rings. The molecule has 0 N–H and O–H groups in total. The average Bonchev–Trinajstić information content (AvgIpc) is 3.22. The van der Waals surface area contributed by atoms with Gasteiger partial charge < -0.3 is 0 Å². The van der Waals surface area contributed by atoms with Crippen LogP contribution in [0, 0.1) is 6.92 Å². The molecular weight excluding hydrogens is 510 g/mol. The molecule has 0 saturated heterocycles. The van der Waals surface area contributed by atoms with E-state index in [4.69, 9.17) is 9.97 Å². The van der Waals surface area contributed by atoms with Crippen LogP contribution in [0.25, 0.3) is 74.4 Å². The summed E-state index contributed by atoms with van der Waals surface area (Å²) in [5, 5.41) is 2.47. The highest BCUT2D eigenvalue weighted by Crippen LogP contribution is 2.33. The number of benzene rings is 4. The van der Waals surface area contributed by atoms with Crippen LogP contribution in [0.5, 0.6) is 0 Å². The molecule has 3 heteroatoms. The van der Waals surface area contributed by atoms with Crippen LogP contribution in [0.1, 0.15) is 41.6 Å². The smallest absolute Gasteiger partial charge is 0.149 e. The molecule has 4 aromatic carbocycles. The summed E-state index contributed by atoms with van der Waals surface area (Å²) in [5.74, 6) is 0.867. The van der Waals surface area contributed by atoms with Crippen molar-refractivity contribution in [2.75, 3.05) is 0 Å². The molecular formula is C39H31N3. The molecule has 0 aliphatic heterocycles. The lowest BCUT2D eigenvalue weighted by atomic mass is 9.97. The first kappa shape index (κ1) is 25.7. The van der Waals surface area contributed by atoms with Gasteiger partial charge in [0.05, 0.1) is 17.1 Å². The van der Waals surface area contributed by atoms with Crippen molar-refractivity contribution in [3.05, 3.63) is 138 Å². The molecule has 42 heavy (non-hydrogen) atoms. The monoisotopic (exact) mass is 541 g/mol. The van der Waals surface area contributed by atoms with Crippen LogP contribution in [-0.2, 0) is 0 Å². The molecule has 7 rings (SSSR count). The lowest BCUT2D eigenvalue weighted by molar-refractivity contribution is 1.07. The lowest BCUT2D eigenvalue weighted by Gasteiger charge is -2.12. The van der Waals surface area contributed by atoms with Gasteiger partial charge in [0.15, 0.2) is 0 Å². The van der Waals surface area contributed by atoms with Gasteiger partial charge in [-0.1, -0.05) is 109 Å². The Kier molecular flexibility index (Phi) is 6.48. The third kappa shape index (κ3) is 4.49. The minimum atomic E-state index is 0.851. The van der Waals surface area contributed by atoms with E-state index in [2.05, 4.69) is 133 Å². The number of imidazole rings is 1. The zero-order valence-electron chi connectivity index (χ0n) is 23.9. The second kappa shape index (κ2) is 10.6. The topological polar surface area (TPSA) is 30.2 Å². The Labute approximate surface area is 246 Å². The molecule has 2 heterocycles. The minimum Gasteiger partial charge on any atom is -0.276 e. The zero-order chi connectivity index (χ0) is 28.6. The Balaban J connectivity index is 1.29. The highest BCUT2D eigenvalue weighted by Gasteiger charge is 2.19. The van der Waals surface area contributed by atoms with Crippen LogP contribution in [0.3, 0.4) is 0 Å². The second-order valence-electron chi connectivity index (χ2n) is 10.7. The van der Waals surface area contributed by atoms with Crippen molar-refractivity contribution in [3.63, 3.8) is 0 Å². The fraction of sp³-hybridized carbons (Fsp3) is 0.0769. The van der Waals surface area contributed by atoms with Gasteiger partial charge >= 0.3 is 0 Å². The summed E-state index contributed by atoms with van der Waals surface area (Å²) < 4.78 is 2.16. The van der Waals surface area contributed by atoms with Gasteiger partial charge in [-0.05, 0) is 83.7 Å². The number of allylic oxidation sites excluding steroid dienone is 3. The van der Waals surface area contributed by atoms with E-state index >= 15 is 0 Å². The predicted molar refractivity (Wildman–Crippen MR) is 179 cm³/mol. The first-order valence-corrected chi connectivity index (χ1v) is 14.4. The quantitative estimate of drug-likeness (QED) is 0.217. The second-order valence-corrected chi connectivity index (χ2v) is 10.7. The maximum atomic E-state index is 5.16. The Hall–Kier alpha value is -5.28. The molecule has 0 fully saturated rings. The highest BCUT2D eigenvalue weighted by atomic mass is 15.1. The number of hydrogen-bond donors (Lipinski definition) is 0. The van der Waals surface area contributed by atoms with Gasteiger partial charge in [-0.3, -0.25) is 4.40 Å².